The van der Waals surface area contributed by atoms with Crippen molar-refractivity contribution in [3.05, 3.63) is 30.3 Å². The van der Waals surface area contributed by atoms with E-state index in [1.54, 1.807) is 0 Å². The molecule has 0 aromatic heterocycles. The highest BCUT2D eigenvalue weighted by atomic mass is 31.2. The van der Waals surface area contributed by atoms with Crippen molar-refractivity contribution in [1.29, 1.82) is 0 Å². The Kier molecular flexibility index (Phi) is 31.6. The van der Waals surface area contributed by atoms with Crippen LogP contribution in [0.3, 0.4) is 0 Å². The Labute approximate surface area is 234 Å². The molecule has 0 saturated carbocycles. The van der Waals surface area contributed by atoms with Crippen molar-refractivity contribution in [3.8, 4) is 5.75 Å². The second-order valence-electron chi connectivity index (χ2n) is 9.73. The molecule has 0 amide bonds. The molecule has 0 saturated heterocycles. The van der Waals surface area contributed by atoms with Crippen LogP contribution in [0.2, 0.25) is 0 Å². The predicted octanol–water partition coefficient (Wildman–Crippen LogP) is 7.70. The van der Waals surface area contributed by atoms with E-state index in [-0.39, 0.29) is 0 Å². The lowest BCUT2D eigenvalue weighted by molar-refractivity contribution is 0.198. The van der Waals surface area contributed by atoms with Crippen molar-refractivity contribution < 1.29 is 42.9 Å². The first-order valence-electron chi connectivity index (χ1n) is 13.6. The molecule has 0 radical (unpaired) electrons. The van der Waals surface area contributed by atoms with Gasteiger partial charge in [0.1, 0.15) is 5.75 Å². The highest BCUT2D eigenvalue weighted by Gasteiger charge is 2.14. The van der Waals surface area contributed by atoms with Crippen molar-refractivity contribution >= 4 is 25.8 Å². The third-order valence-corrected chi connectivity index (χ3v) is 6.31. The maximum atomic E-state index is 7.23. The minimum Gasteiger partial charge on any atom is -0.427 e. The molecule has 0 spiro atoms. The van der Waals surface area contributed by atoms with E-state index in [9.17, 15) is 0 Å². The Morgan fingerprint density at radius 1 is 0.553 bits per heavy atom. The highest BCUT2D eigenvalue weighted by molar-refractivity contribution is 7.42. The predicted molar refractivity (Wildman–Crippen MR) is 158 cm³/mol. The largest absolute Gasteiger partial charge is 0.427 e. The quantitative estimate of drug-likeness (QED) is 0.0652. The first-order valence-corrected chi connectivity index (χ1v) is 17.1. The Hall–Kier alpha value is -0.0100. The second kappa shape index (κ2) is 30.0. The topological polar surface area (TPSA) is 149 Å². The van der Waals surface area contributed by atoms with Gasteiger partial charge in [-0.1, -0.05) is 110 Å². The van der Waals surface area contributed by atoms with Crippen molar-refractivity contribution in [2.45, 2.75) is 105 Å². The van der Waals surface area contributed by atoms with Gasteiger partial charge in [0.05, 0.1) is 13.2 Å². The fraction of sp³-hybridized carbons (Fsp3) is 0.769. The number of benzene rings is 1. The number of para-hydroxylation sites is 1. The SMILES string of the molecule is CC(C)CCCCCCCOP(OCCCCCCCC(C)C)Oc1ccccc1.OP(O)O.OP(O)O. The van der Waals surface area contributed by atoms with Crippen LogP contribution in [0, 0.1) is 11.8 Å². The molecule has 9 nitrogen and oxygen atoms in total. The third kappa shape index (κ3) is 38.1. The molecule has 1 rings (SSSR count). The molecule has 0 atom stereocenters. The summed E-state index contributed by atoms with van der Waals surface area (Å²) in [4.78, 5) is 43.4. The van der Waals surface area contributed by atoms with Crippen LogP contribution in [0.4, 0.5) is 0 Å². The molecular formula is C26H53O9P3. The lowest BCUT2D eigenvalue weighted by Crippen LogP contribution is -2.01. The van der Waals surface area contributed by atoms with Crippen LogP contribution in [0.1, 0.15) is 105 Å². The minimum absolute atomic E-state index is 0.720. The summed E-state index contributed by atoms with van der Waals surface area (Å²) in [5.41, 5.74) is 0. The Morgan fingerprint density at radius 2 is 0.895 bits per heavy atom. The van der Waals surface area contributed by atoms with Gasteiger partial charge in [-0.25, -0.2) is 0 Å². The normalized spacial score (nSPS) is 11.1. The van der Waals surface area contributed by atoms with Crippen molar-refractivity contribution in [2.24, 2.45) is 11.8 Å². The van der Waals surface area contributed by atoms with Gasteiger partial charge in [0.15, 0.2) is 0 Å². The number of hydrogen-bond acceptors (Lipinski definition) is 9. The average molecular weight is 603 g/mol. The van der Waals surface area contributed by atoms with Crippen LogP contribution in [0.15, 0.2) is 30.3 Å². The maximum Gasteiger partial charge on any atom is 0.397 e. The summed E-state index contributed by atoms with van der Waals surface area (Å²) in [6.07, 6.45) is 15.3. The molecule has 1 aromatic rings. The van der Waals surface area contributed by atoms with E-state index >= 15 is 0 Å². The highest BCUT2D eigenvalue weighted by Crippen LogP contribution is 2.41. The lowest BCUT2D eigenvalue weighted by Gasteiger charge is -2.17. The fourth-order valence-corrected chi connectivity index (χ4v) is 4.34. The maximum absolute atomic E-state index is 7.23. The van der Waals surface area contributed by atoms with Gasteiger partial charge in [-0.3, -0.25) is 0 Å². The van der Waals surface area contributed by atoms with E-state index < -0.39 is 25.8 Å². The van der Waals surface area contributed by atoms with E-state index in [1.165, 1.54) is 64.2 Å². The molecule has 0 aliphatic rings. The Morgan fingerprint density at radius 3 is 1.26 bits per heavy atom. The van der Waals surface area contributed by atoms with E-state index in [0.717, 1.165) is 43.6 Å². The molecule has 38 heavy (non-hydrogen) atoms. The van der Waals surface area contributed by atoms with Crippen LogP contribution in [-0.4, -0.2) is 42.6 Å². The zero-order valence-electron chi connectivity index (χ0n) is 23.7. The molecule has 0 fully saturated rings. The van der Waals surface area contributed by atoms with Crippen LogP contribution < -0.4 is 4.52 Å². The standard InChI is InChI=1S/C26H47O3P.2H3O3P/c1-24(2)18-12-7-5-9-16-22-27-30(29-26-20-14-11-15-21-26)28-23-17-10-6-8-13-19-25(3)4;2*1-4(2)3/h11,14-15,20-21,24-25H,5-10,12-13,16-19,22-23H2,1-4H3;2*1-3H. The first-order chi connectivity index (χ1) is 18.0. The molecule has 0 bridgehead atoms. The summed E-state index contributed by atoms with van der Waals surface area (Å²) in [7, 11) is -6.55. The van der Waals surface area contributed by atoms with E-state index in [4.69, 9.17) is 42.9 Å². The fourth-order valence-electron chi connectivity index (χ4n) is 3.31. The molecule has 6 N–H and O–H groups in total. The summed E-state index contributed by atoms with van der Waals surface area (Å²) in [5.74, 6) is 2.47. The van der Waals surface area contributed by atoms with Gasteiger partial charge in [0, 0.05) is 0 Å². The Balaban J connectivity index is 0. The molecular weight excluding hydrogens is 549 g/mol. The van der Waals surface area contributed by atoms with Gasteiger partial charge in [-0.2, -0.15) is 0 Å². The third-order valence-electron chi connectivity index (χ3n) is 5.17. The average Bonchev–Trinajstić information content (AvgIpc) is 2.81. The molecule has 0 heterocycles. The van der Waals surface area contributed by atoms with Gasteiger partial charge >= 0.3 is 25.8 Å². The second-order valence-corrected chi connectivity index (χ2v) is 12.0. The van der Waals surface area contributed by atoms with Gasteiger partial charge in [0.2, 0.25) is 0 Å². The summed E-state index contributed by atoms with van der Waals surface area (Å²) in [6.45, 7) is 10.6. The molecule has 0 aliphatic carbocycles. The number of rotatable bonds is 20. The zero-order chi connectivity index (χ0) is 29.0. The van der Waals surface area contributed by atoms with Crippen molar-refractivity contribution in [1.82, 2.24) is 0 Å². The van der Waals surface area contributed by atoms with Crippen LogP contribution >= 0.6 is 25.8 Å². The lowest BCUT2D eigenvalue weighted by atomic mass is 10.0. The van der Waals surface area contributed by atoms with Crippen LogP contribution in [0.5, 0.6) is 5.75 Å². The molecule has 1 aromatic carbocycles. The van der Waals surface area contributed by atoms with E-state index in [0.29, 0.717) is 0 Å². The van der Waals surface area contributed by atoms with E-state index in [2.05, 4.69) is 27.7 Å². The zero-order valence-corrected chi connectivity index (χ0v) is 26.4. The summed E-state index contributed by atoms with van der Waals surface area (Å²) < 4.78 is 17.9. The first kappa shape index (κ1) is 40.1. The molecule has 226 valence electrons. The number of unbranched alkanes of at least 4 members (excludes halogenated alkanes) is 8. The van der Waals surface area contributed by atoms with E-state index in [1.807, 2.05) is 30.3 Å². The monoisotopic (exact) mass is 602 g/mol. The molecule has 12 heteroatoms. The van der Waals surface area contributed by atoms with Crippen LogP contribution in [-0.2, 0) is 9.05 Å². The molecule has 0 unspecified atom stereocenters. The van der Waals surface area contributed by atoms with Gasteiger partial charge in [-0.05, 0) is 36.8 Å². The van der Waals surface area contributed by atoms with Crippen molar-refractivity contribution in [3.63, 3.8) is 0 Å². The summed E-state index contributed by atoms with van der Waals surface area (Å²) in [6, 6.07) is 9.89. The summed E-state index contributed by atoms with van der Waals surface area (Å²) >= 11 is 0. The van der Waals surface area contributed by atoms with Gasteiger partial charge in [-0.15, -0.1) is 0 Å². The number of hydrogen-bond donors (Lipinski definition) is 6. The van der Waals surface area contributed by atoms with Crippen molar-refractivity contribution in [2.75, 3.05) is 13.2 Å². The Bertz CT molecular complexity index is 547. The summed E-state index contributed by atoms with van der Waals surface area (Å²) in [5, 5.41) is 0. The van der Waals surface area contributed by atoms with Gasteiger partial charge < -0.3 is 42.9 Å². The molecule has 0 aliphatic heterocycles. The van der Waals surface area contributed by atoms with Gasteiger partial charge in [0.25, 0.3) is 0 Å². The minimum atomic E-state index is -2.62. The smallest absolute Gasteiger partial charge is 0.397 e. The van der Waals surface area contributed by atoms with Crippen LogP contribution in [0.25, 0.3) is 0 Å².